The van der Waals surface area contributed by atoms with E-state index in [1.165, 1.54) is 6.21 Å². The van der Waals surface area contributed by atoms with Gasteiger partial charge in [-0.15, -0.1) is 0 Å². The minimum absolute atomic E-state index is 0.474. The fourth-order valence-corrected chi connectivity index (χ4v) is 2.44. The monoisotopic (exact) mass is 360 g/mol. The molecule has 0 radical (unpaired) electrons. The summed E-state index contributed by atoms with van der Waals surface area (Å²) in [5.74, 6) is 0.118. The number of hydrogen-bond acceptors (Lipinski definition) is 4. The van der Waals surface area contributed by atoms with E-state index in [0.29, 0.717) is 17.9 Å². The molecular formula is C22H20N2O3. The first-order chi connectivity index (χ1) is 13.2. The smallest absolute Gasteiger partial charge is 0.273 e. The molecule has 3 rings (SSSR count). The number of benzene rings is 3. The largest absolute Gasteiger partial charge is 0.489 e. The molecular weight excluding hydrogens is 340 g/mol. The van der Waals surface area contributed by atoms with Crippen molar-refractivity contribution in [2.24, 2.45) is 5.10 Å². The summed E-state index contributed by atoms with van der Waals surface area (Å²) in [5.41, 5.74) is 4.72. The van der Waals surface area contributed by atoms with Crippen molar-refractivity contribution in [1.29, 1.82) is 0 Å². The van der Waals surface area contributed by atoms with Gasteiger partial charge in [0.1, 0.15) is 12.4 Å². The second-order valence-corrected chi connectivity index (χ2v) is 5.89. The normalized spacial score (nSPS) is 11.9. The Balaban J connectivity index is 1.55. The van der Waals surface area contributed by atoms with Crippen LogP contribution < -0.4 is 10.2 Å². The highest BCUT2D eigenvalue weighted by Crippen LogP contribution is 2.14. The number of amides is 1. The van der Waals surface area contributed by atoms with Crippen molar-refractivity contribution >= 4 is 12.1 Å². The maximum absolute atomic E-state index is 12.0. The number of nitrogens with one attached hydrogen (secondary N) is 1. The number of aliphatic hydroxyl groups is 1. The first kappa shape index (κ1) is 18.4. The van der Waals surface area contributed by atoms with Crippen LogP contribution in [0.25, 0.3) is 0 Å². The zero-order valence-corrected chi connectivity index (χ0v) is 14.7. The quantitative estimate of drug-likeness (QED) is 0.501. The highest BCUT2D eigenvalue weighted by atomic mass is 16.5. The van der Waals surface area contributed by atoms with Crippen LogP contribution in [0.5, 0.6) is 5.75 Å². The summed E-state index contributed by atoms with van der Waals surface area (Å²) in [6.07, 6.45) is 0.245. The summed E-state index contributed by atoms with van der Waals surface area (Å²) >= 11 is 0. The van der Waals surface area contributed by atoms with Crippen molar-refractivity contribution in [3.05, 3.63) is 102 Å². The predicted octanol–water partition coefficient (Wildman–Crippen LogP) is 3.45. The fourth-order valence-electron chi connectivity index (χ4n) is 2.44. The first-order valence-electron chi connectivity index (χ1n) is 8.55. The summed E-state index contributed by atoms with van der Waals surface area (Å²) in [7, 11) is 0. The zero-order valence-electron chi connectivity index (χ0n) is 14.7. The molecule has 0 saturated carbocycles. The molecule has 0 heterocycles. The van der Waals surface area contributed by atoms with E-state index in [1.54, 1.807) is 24.3 Å². The molecule has 2 N–H and O–H groups in total. The van der Waals surface area contributed by atoms with Gasteiger partial charge < -0.3 is 9.84 Å². The van der Waals surface area contributed by atoms with Crippen LogP contribution in [0.3, 0.4) is 0 Å². The van der Waals surface area contributed by atoms with Crippen molar-refractivity contribution in [3.8, 4) is 5.75 Å². The third-order valence-electron chi connectivity index (χ3n) is 3.86. The Morgan fingerprint density at radius 2 is 1.70 bits per heavy atom. The van der Waals surface area contributed by atoms with E-state index in [1.807, 2.05) is 60.7 Å². The number of hydrazone groups is 1. The number of hydrogen-bond donors (Lipinski definition) is 2. The molecule has 0 fully saturated rings. The van der Waals surface area contributed by atoms with Crippen LogP contribution in [0, 0.1) is 0 Å². The lowest BCUT2D eigenvalue weighted by molar-refractivity contribution is -0.129. The van der Waals surface area contributed by atoms with E-state index in [2.05, 4.69) is 10.5 Å². The molecule has 1 atom stereocenters. The molecule has 0 saturated heterocycles. The standard InChI is InChI=1S/C22H20N2O3/c25-21(19-11-5-2-6-12-19)22(26)24-23-15-18-10-7-13-20(14-18)27-16-17-8-3-1-4-9-17/h1-15,21,25H,16H2,(H,24,26)/b23-15-/t21-/m0/s1. The van der Waals surface area contributed by atoms with Crippen LogP contribution in [-0.4, -0.2) is 17.2 Å². The van der Waals surface area contributed by atoms with Crippen LogP contribution >= 0.6 is 0 Å². The Morgan fingerprint density at radius 3 is 2.44 bits per heavy atom. The lowest BCUT2D eigenvalue weighted by Gasteiger charge is -2.08. The van der Waals surface area contributed by atoms with Crippen molar-refractivity contribution in [1.82, 2.24) is 5.43 Å². The maximum atomic E-state index is 12.0. The van der Waals surface area contributed by atoms with E-state index in [0.717, 1.165) is 11.1 Å². The molecule has 3 aromatic carbocycles. The predicted molar refractivity (Wildman–Crippen MR) is 104 cm³/mol. The van der Waals surface area contributed by atoms with Crippen LogP contribution in [0.4, 0.5) is 0 Å². The topological polar surface area (TPSA) is 70.9 Å². The third-order valence-corrected chi connectivity index (χ3v) is 3.86. The van der Waals surface area contributed by atoms with Crippen LogP contribution in [0.15, 0.2) is 90.0 Å². The van der Waals surface area contributed by atoms with Gasteiger partial charge in [0, 0.05) is 0 Å². The van der Waals surface area contributed by atoms with Gasteiger partial charge in [-0.3, -0.25) is 4.79 Å². The Kier molecular flexibility index (Phi) is 6.33. The minimum Gasteiger partial charge on any atom is -0.489 e. The van der Waals surface area contributed by atoms with Crippen molar-refractivity contribution < 1.29 is 14.6 Å². The summed E-state index contributed by atoms with van der Waals surface area (Å²) in [4.78, 5) is 12.0. The summed E-state index contributed by atoms with van der Waals surface area (Å²) in [5, 5.41) is 13.9. The lowest BCUT2D eigenvalue weighted by atomic mass is 10.1. The van der Waals surface area contributed by atoms with Crippen LogP contribution in [-0.2, 0) is 11.4 Å². The number of carbonyl (C=O) groups excluding carboxylic acids is 1. The Labute approximate surface area is 157 Å². The minimum atomic E-state index is -1.26. The van der Waals surface area contributed by atoms with E-state index in [4.69, 9.17) is 4.74 Å². The SMILES string of the molecule is O=C(N/N=C\c1cccc(OCc2ccccc2)c1)[C@@H](O)c1ccccc1. The summed E-state index contributed by atoms with van der Waals surface area (Å²) in [6, 6.07) is 26.0. The highest BCUT2D eigenvalue weighted by molar-refractivity contribution is 5.85. The molecule has 27 heavy (non-hydrogen) atoms. The molecule has 136 valence electrons. The molecule has 0 unspecified atom stereocenters. The molecule has 5 heteroatoms. The third kappa shape index (κ3) is 5.52. The van der Waals surface area contributed by atoms with E-state index >= 15 is 0 Å². The van der Waals surface area contributed by atoms with Gasteiger partial charge in [0.15, 0.2) is 6.10 Å². The highest BCUT2D eigenvalue weighted by Gasteiger charge is 2.15. The molecule has 1 amide bonds. The summed E-state index contributed by atoms with van der Waals surface area (Å²) < 4.78 is 5.77. The second-order valence-electron chi connectivity index (χ2n) is 5.89. The number of ether oxygens (including phenoxy) is 1. The Morgan fingerprint density at radius 1 is 1.00 bits per heavy atom. The molecule has 0 bridgehead atoms. The number of nitrogens with zero attached hydrogens (tertiary/aromatic N) is 1. The van der Waals surface area contributed by atoms with E-state index in [-0.39, 0.29) is 0 Å². The molecule has 5 nitrogen and oxygen atoms in total. The second kappa shape index (κ2) is 9.31. The number of carbonyl (C=O) groups is 1. The lowest BCUT2D eigenvalue weighted by Crippen LogP contribution is -2.25. The Bertz CT molecular complexity index is 896. The first-order valence-corrected chi connectivity index (χ1v) is 8.55. The van der Waals surface area contributed by atoms with Gasteiger partial charge in [0.05, 0.1) is 6.21 Å². The fraction of sp³-hybridized carbons (Fsp3) is 0.0909. The van der Waals surface area contributed by atoms with Gasteiger partial charge in [0.2, 0.25) is 0 Å². The van der Waals surface area contributed by atoms with Crippen LogP contribution in [0.2, 0.25) is 0 Å². The van der Waals surface area contributed by atoms with E-state index < -0.39 is 12.0 Å². The maximum Gasteiger partial charge on any atom is 0.273 e. The molecule has 3 aromatic rings. The van der Waals surface area contributed by atoms with Gasteiger partial charge in [-0.25, -0.2) is 5.43 Å². The van der Waals surface area contributed by atoms with Gasteiger partial charge >= 0.3 is 0 Å². The van der Waals surface area contributed by atoms with Crippen LogP contribution in [0.1, 0.15) is 22.8 Å². The van der Waals surface area contributed by atoms with Crippen molar-refractivity contribution in [2.45, 2.75) is 12.7 Å². The molecule has 0 aliphatic rings. The van der Waals surface area contributed by atoms with Gasteiger partial charge in [-0.2, -0.15) is 5.10 Å². The van der Waals surface area contributed by atoms with Gasteiger partial charge in [0.25, 0.3) is 5.91 Å². The molecule has 0 aliphatic carbocycles. The van der Waals surface area contributed by atoms with Crippen molar-refractivity contribution in [3.63, 3.8) is 0 Å². The zero-order chi connectivity index (χ0) is 18.9. The molecule has 0 spiro atoms. The average molecular weight is 360 g/mol. The van der Waals surface area contributed by atoms with Crippen molar-refractivity contribution in [2.75, 3.05) is 0 Å². The van der Waals surface area contributed by atoms with E-state index in [9.17, 15) is 9.90 Å². The molecule has 0 aliphatic heterocycles. The number of aliphatic hydroxyl groups excluding tert-OH is 1. The van der Waals surface area contributed by atoms with Gasteiger partial charge in [-0.1, -0.05) is 72.8 Å². The summed E-state index contributed by atoms with van der Waals surface area (Å²) in [6.45, 7) is 0.474. The molecule has 0 aromatic heterocycles. The average Bonchev–Trinajstić information content (AvgIpc) is 2.73. The van der Waals surface area contributed by atoms with Gasteiger partial charge in [-0.05, 0) is 28.8 Å². The Hall–Kier alpha value is -3.44. The number of rotatable bonds is 7.